The lowest BCUT2D eigenvalue weighted by Gasteiger charge is -2.38. The SMILES string of the molecule is CN(Cc1ccncc1)C(C)(CN)Cc1ccc(Br)cc1. The summed E-state index contributed by atoms with van der Waals surface area (Å²) < 4.78 is 1.10. The fourth-order valence-corrected chi connectivity index (χ4v) is 2.62. The minimum Gasteiger partial charge on any atom is -0.329 e. The first-order valence-corrected chi connectivity index (χ1v) is 7.87. The quantitative estimate of drug-likeness (QED) is 0.872. The minimum atomic E-state index is -0.0723. The summed E-state index contributed by atoms with van der Waals surface area (Å²) in [5.41, 5.74) is 8.56. The van der Waals surface area contributed by atoms with Crippen LogP contribution in [0.3, 0.4) is 0 Å². The van der Waals surface area contributed by atoms with Gasteiger partial charge in [-0.25, -0.2) is 0 Å². The fourth-order valence-electron chi connectivity index (χ4n) is 2.36. The van der Waals surface area contributed by atoms with Crippen LogP contribution in [0.15, 0.2) is 53.3 Å². The van der Waals surface area contributed by atoms with Crippen molar-refractivity contribution in [2.24, 2.45) is 5.73 Å². The van der Waals surface area contributed by atoms with E-state index in [2.05, 4.69) is 64.1 Å². The van der Waals surface area contributed by atoms with E-state index in [0.29, 0.717) is 6.54 Å². The van der Waals surface area contributed by atoms with E-state index in [4.69, 9.17) is 5.73 Å². The molecule has 1 atom stereocenters. The molecule has 0 spiro atoms. The van der Waals surface area contributed by atoms with Crippen LogP contribution in [0, 0.1) is 0 Å². The van der Waals surface area contributed by atoms with E-state index in [-0.39, 0.29) is 5.54 Å². The predicted octanol–water partition coefficient (Wildman–Crippen LogP) is 3.24. The van der Waals surface area contributed by atoms with Gasteiger partial charge in [0.05, 0.1) is 0 Å². The van der Waals surface area contributed by atoms with Crippen LogP contribution in [0.2, 0.25) is 0 Å². The van der Waals surface area contributed by atoms with Crippen LogP contribution in [0.5, 0.6) is 0 Å². The Balaban J connectivity index is 2.10. The maximum Gasteiger partial charge on any atom is 0.0344 e. The number of hydrogen-bond acceptors (Lipinski definition) is 3. The minimum absolute atomic E-state index is 0.0723. The highest BCUT2D eigenvalue weighted by atomic mass is 79.9. The molecule has 0 amide bonds. The third-order valence-electron chi connectivity index (χ3n) is 4.03. The number of aromatic nitrogens is 1. The molecule has 0 aliphatic rings. The molecule has 2 N–H and O–H groups in total. The molecule has 0 aliphatic heterocycles. The average molecular weight is 348 g/mol. The van der Waals surface area contributed by atoms with E-state index >= 15 is 0 Å². The van der Waals surface area contributed by atoms with Gasteiger partial charge in [0.25, 0.3) is 0 Å². The van der Waals surface area contributed by atoms with Crippen molar-refractivity contribution < 1.29 is 0 Å². The van der Waals surface area contributed by atoms with E-state index in [0.717, 1.165) is 17.4 Å². The molecule has 2 aromatic rings. The van der Waals surface area contributed by atoms with Gasteiger partial charge in [0.15, 0.2) is 0 Å². The van der Waals surface area contributed by atoms with Crippen LogP contribution >= 0.6 is 15.9 Å². The highest BCUT2D eigenvalue weighted by molar-refractivity contribution is 9.10. The normalized spacial score (nSPS) is 14.1. The molecule has 1 unspecified atom stereocenters. The number of benzene rings is 1. The molecule has 1 aromatic heterocycles. The topological polar surface area (TPSA) is 42.2 Å². The summed E-state index contributed by atoms with van der Waals surface area (Å²) in [7, 11) is 2.13. The molecule has 0 bridgehead atoms. The van der Waals surface area contributed by atoms with Crippen molar-refractivity contribution in [2.75, 3.05) is 13.6 Å². The van der Waals surface area contributed by atoms with E-state index in [1.807, 2.05) is 24.5 Å². The Kier molecular flexibility index (Phi) is 5.51. The number of rotatable bonds is 6. The maximum absolute atomic E-state index is 6.08. The monoisotopic (exact) mass is 347 g/mol. The van der Waals surface area contributed by atoms with Gasteiger partial charge >= 0.3 is 0 Å². The Hall–Kier alpha value is -1.23. The fraction of sp³-hybridized carbons (Fsp3) is 0.353. The number of pyridine rings is 1. The van der Waals surface area contributed by atoms with Crippen molar-refractivity contribution in [1.82, 2.24) is 9.88 Å². The van der Waals surface area contributed by atoms with Crippen LogP contribution in [0.1, 0.15) is 18.1 Å². The second-order valence-corrected chi connectivity index (χ2v) is 6.63. The van der Waals surface area contributed by atoms with Gasteiger partial charge in [-0.1, -0.05) is 28.1 Å². The summed E-state index contributed by atoms with van der Waals surface area (Å²) in [6, 6.07) is 12.6. The van der Waals surface area contributed by atoms with Gasteiger partial charge in [0, 0.05) is 35.5 Å². The Morgan fingerprint density at radius 2 is 1.71 bits per heavy atom. The standard InChI is InChI=1S/C17H22BrN3/c1-17(13-19,11-14-3-5-16(18)6-4-14)21(2)12-15-7-9-20-10-8-15/h3-10H,11-13,19H2,1-2H3. The molecule has 1 heterocycles. The van der Waals surface area contributed by atoms with Crippen LogP contribution in [-0.2, 0) is 13.0 Å². The van der Waals surface area contributed by atoms with Gasteiger partial charge in [-0.2, -0.15) is 0 Å². The zero-order valence-electron chi connectivity index (χ0n) is 12.6. The lowest BCUT2D eigenvalue weighted by molar-refractivity contribution is 0.136. The third kappa shape index (κ3) is 4.37. The van der Waals surface area contributed by atoms with Crippen molar-refractivity contribution in [3.8, 4) is 0 Å². The van der Waals surface area contributed by atoms with Crippen LogP contribution in [0.25, 0.3) is 0 Å². The van der Waals surface area contributed by atoms with Gasteiger partial charge < -0.3 is 5.73 Å². The van der Waals surface area contributed by atoms with E-state index < -0.39 is 0 Å². The Morgan fingerprint density at radius 1 is 1.10 bits per heavy atom. The predicted molar refractivity (Wildman–Crippen MR) is 91.0 cm³/mol. The van der Waals surface area contributed by atoms with Gasteiger partial charge in [-0.15, -0.1) is 0 Å². The van der Waals surface area contributed by atoms with Gasteiger partial charge in [-0.05, 0) is 55.8 Å². The van der Waals surface area contributed by atoms with Gasteiger partial charge in [0.1, 0.15) is 0 Å². The first-order chi connectivity index (χ1) is 10.0. The van der Waals surface area contributed by atoms with E-state index in [1.54, 1.807) is 0 Å². The molecule has 112 valence electrons. The summed E-state index contributed by atoms with van der Waals surface area (Å²) in [4.78, 5) is 6.39. The van der Waals surface area contributed by atoms with Crippen LogP contribution < -0.4 is 5.73 Å². The van der Waals surface area contributed by atoms with E-state index in [9.17, 15) is 0 Å². The number of nitrogens with two attached hydrogens (primary N) is 1. The lowest BCUT2D eigenvalue weighted by atomic mass is 9.91. The number of hydrogen-bond donors (Lipinski definition) is 1. The van der Waals surface area contributed by atoms with Crippen LogP contribution in [-0.4, -0.2) is 29.0 Å². The second kappa shape index (κ2) is 7.16. The van der Waals surface area contributed by atoms with Gasteiger partial charge in [-0.3, -0.25) is 9.88 Å². The molecule has 21 heavy (non-hydrogen) atoms. The molecule has 3 nitrogen and oxygen atoms in total. The molecule has 0 saturated carbocycles. The smallest absolute Gasteiger partial charge is 0.0344 e. The van der Waals surface area contributed by atoms with Crippen molar-refractivity contribution in [1.29, 1.82) is 0 Å². The molecular formula is C17H22BrN3. The maximum atomic E-state index is 6.08. The molecule has 0 radical (unpaired) electrons. The summed E-state index contributed by atoms with van der Waals surface area (Å²) in [5.74, 6) is 0. The molecule has 4 heteroatoms. The largest absolute Gasteiger partial charge is 0.329 e. The van der Waals surface area contributed by atoms with Crippen molar-refractivity contribution in [2.45, 2.75) is 25.4 Å². The zero-order chi connectivity index (χ0) is 15.3. The number of nitrogens with zero attached hydrogens (tertiary/aromatic N) is 2. The van der Waals surface area contributed by atoms with Crippen molar-refractivity contribution in [3.63, 3.8) is 0 Å². The first-order valence-electron chi connectivity index (χ1n) is 7.08. The molecule has 2 rings (SSSR count). The summed E-state index contributed by atoms with van der Waals surface area (Å²) >= 11 is 3.47. The van der Waals surface area contributed by atoms with Gasteiger partial charge in [0.2, 0.25) is 0 Å². The summed E-state index contributed by atoms with van der Waals surface area (Å²) in [6.45, 7) is 3.70. The summed E-state index contributed by atoms with van der Waals surface area (Å²) in [5, 5.41) is 0. The molecule has 0 saturated heterocycles. The highest BCUT2D eigenvalue weighted by Crippen LogP contribution is 2.22. The average Bonchev–Trinajstić information content (AvgIpc) is 2.50. The molecule has 0 aliphatic carbocycles. The molecule has 1 aromatic carbocycles. The Morgan fingerprint density at radius 3 is 2.29 bits per heavy atom. The molecular weight excluding hydrogens is 326 g/mol. The summed E-state index contributed by atoms with van der Waals surface area (Å²) in [6.07, 6.45) is 4.59. The first kappa shape index (κ1) is 16.1. The lowest BCUT2D eigenvalue weighted by Crippen LogP contribution is -2.50. The van der Waals surface area contributed by atoms with Crippen molar-refractivity contribution >= 4 is 15.9 Å². The highest BCUT2D eigenvalue weighted by Gasteiger charge is 2.28. The third-order valence-corrected chi connectivity index (χ3v) is 4.56. The zero-order valence-corrected chi connectivity index (χ0v) is 14.2. The molecule has 0 fully saturated rings. The number of likely N-dealkylation sites (N-methyl/N-ethyl adjacent to an activating group) is 1. The Bertz CT molecular complexity index is 556. The van der Waals surface area contributed by atoms with Crippen molar-refractivity contribution in [3.05, 3.63) is 64.4 Å². The van der Waals surface area contributed by atoms with E-state index in [1.165, 1.54) is 11.1 Å². The number of halogens is 1. The Labute approximate surface area is 135 Å². The van der Waals surface area contributed by atoms with Crippen LogP contribution in [0.4, 0.5) is 0 Å². The second-order valence-electron chi connectivity index (χ2n) is 5.72.